The van der Waals surface area contributed by atoms with E-state index in [0.29, 0.717) is 6.04 Å². The summed E-state index contributed by atoms with van der Waals surface area (Å²) in [7, 11) is 1.74. The van der Waals surface area contributed by atoms with Gasteiger partial charge in [0.15, 0.2) is 0 Å². The van der Waals surface area contributed by atoms with Crippen molar-refractivity contribution < 1.29 is 4.74 Å². The van der Waals surface area contributed by atoms with Crippen LogP contribution < -0.4 is 5.32 Å². The van der Waals surface area contributed by atoms with E-state index in [1.54, 1.807) is 7.11 Å². The first kappa shape index (κ1) is 12.5. The largest absolute Gasteiger partial charge is 0.379 e. The molecule has 0 heterocycles. The average molecular weight is 183 g/mol. The molecule has 0 aromatic heterocycles. The molecule has 1 unspecified atom stereocenters. The zero-order valence-electron chi connectivity index (χ0n) is 9.18. The fourth-order valence-corrected chi connectivity index (χ4v) is 1.32. The molecule has 0 aliphatic rings. The van der Waals surface area contributed by atoms with Crippen LogP contribution in [0.5, 0.6) is 0 Å². The van der Waals surface area contributed by atoms with Gasteiger partial charge >= 0.3 is 0 Å². The molecule has 0 aliphatic heterocycles. The number of hydrogen-bond donors (Lipinski definition) is 1. The fraction of sp³-hybridized carbons (Fsp3) is 0.818. The summed E-state index contributed by atoms with van der Waals surface area (Å²) >= 11 is 0. The highest BCUT2D eigenvalue weighted by Crippen LogP contribution is 2.16. The average Bonchev–Trinajstić information content (AvgIpc) is 2.05. The molecule has 76 valence electrons. The maximum absolute atomic E-state index is 5.35. The zero-order chi connectivity index (χ0) is 10.3. The van der Waals surface area contributed by atoms with Crippen molar-refractivity contribution in [1.82, 2.24) is 5.32 Å². The Morgan fingerprint density at radius 1 is 1.54 bits per heavy atom. The van der Waals surface area contributed by atoms with Crippen LogP contribution in [0.3, 0.4) is 0 Å². The maximum Gasteiger partial charge on any atom is 0.0637 e. The topological polar surface area (TPSA) is 21.3 Å². The van der Waals surface area contributed by atoms with Gasteiger partial charge in [-0.25, -0.2) is 0 Å². The minimum Gasteiger partial charge on any atom is -0.379 e. The molecule has 0 spiro atoms. The molecule has 0 aromatic carbocycles. The van der Waals surface area contributed by atoms with Crippen LogP contribution in [-0.4, -0.2) is 25.3 Å². The molecule has 0 rings (SSSR count). The van der Waals surface area contributed by atoms with E-state index < -0.39 is 0 Å². The minimum atomic E-state index is -0.0936. The number of hydrogen-bond acceptors (Lipinski definition) is 2. The van der Waals surface area contributed by atoms with Gasteiger partial charge in [-0.2, -0.15) is 0 Å². The Labute approximate surface area is 82.1 Å². The summed E-state index contributed by atoms with van der Waals surface area (Å²) in [5, 5.41) is 3.35. The van der Waals surface area contributed by atoms with E-state index in [2.05, 4.69) is 32.0 Å². The minimum absolute atomic E-state index is 0.0936. The van der Waals surface area contributed by atoms with Gasteiger partial charge in [0.25, 0.3) is 0 Å². The Kier molecular flexibility index (Phi) is 5.77. The van der Waals surface area contributed by atoms with Crippen LogP contribution in [0.1, 0.15) is 33.6 Å². The SMILES string of the molecule is C#CCC(CC(C)(C)OC)NCC. The molecular formula is C11H21NO. The summed E-state index contributed by atoms with van der Waals surface area (Å²) in [5.41, 5.74) is -0.0936. The van der Waals surface area contributed by atoms with Crippen molar-refractivity contribution in [2.45, 2.75) is 45.3 Å². The van der Waals surface area contributed by atoms with Crippen LogP contribution >= 0.6 is 0 Å². The Bertz CT molecular complexity index is 169. The van der Waals surface area contributed by atoms with Gasteiger partial charge in [0.05, 0.1) is 5.60 Å². The van der Waals surface area contributed by atoms with Crippen molar-refractivity contribution in [3.63, 3.8) is 0 Å². The van der Waals surface area contributed by atoms with Gasteiger partial charge in [-0.05, 0) is 26.8 Å². The Balaban J connectivity index is 4.01. The zero-order valence-corrected chi connectivity index (χ0v) is 9.18. The maximum atomic E-state index is 5.35. The fourth-order valence-electron chi connectivity index (χ4n) is 1.32. The Morgan fingerprint density at radius 3 is 2.54 bits per heavy atom. The second kappa shape index (κ2) is 6.01. The van der Waals surface area contributed by atoms with Crippen LogP contribution in [0, 0.1) is 12.3 Å². The molecule has 0 radical (unpaired) electrons. The second-order valence-electron chi connectivity index (χ2n) is 3.83. The highest BCUT2D eigenvalue weighted by molar-refractivity contribution is 4.92. The van der Waals surface area contributed by atoms with E-state index in [4.69, 9.17) is 11.2 Å². The van der Waals surface area contributed by atoms with E-state index in [9.17, 15) is 0 Å². The summed E-state index contributed by atoms with van der Waals surface area (Å²) in [5.74, 6) is 2.68. The highest BCUT2D eigenvalue weighted by Gasteiger charge is 2.21. The highest BCUT2D eigenvalue weighted by atomic mass is 16.5. The number of rotatable bonds is 6. The van der Waals surface area contributed by atoms with Crippen LogP contribution in [0.25, 0.3) is 0 Å². The molecular weight excluding hydrogens is 162 g/mol. The van der Waals surface area contributed by atoms with Gasteiger partial charge in [0.1, 0.15) is 0 Å². The van der Waals surface area contributed by atoms with Crippen molar-refractivity contribution in [1.29, 1.82) is 0 Å². The van der Waals surface area contributed by atoms with Gasteiger partial charge in [-0.1, -0.05) is 6.92 Å². The van der Waals surface area contributed by atoms with Gasteiger partial charge in [0, 0.05) is 19.6 Å². The third-order valence-corrected chi connectivity index (χ3v) is 2.15. The lowest BCUT2D eigenvalue weighted by Gasteiger charge is -2.28. The quantitative estimate of drug-likeness (QED) is 0.634. The van der Waals surface area contributed by atoms with Gasteiger partial charge < -0.3 is 10.1 Å². The predicted molar refractivity (Wildman–Crippen MR) is 56.6 cm³/mol. The predicted octanol–water partition coefficient (Wildman–Crippen LogP) is 1.80. The van der Waals surface area contributed by atoms with Crippen molar-refractivity contribution >= 4 is 0 Å². The molecule has 0 saturated carbocycles. The second-order valence-corrected chi connectivity index (χ2v) is 3.83. The van der Waals surface area contributed by atoms with E-state index in [1.165, 1.54) is 0 Å². The summed E-state index contributed by atoms with van der Waals surface area (Å²) in [6.07, 6.45) is 7.00. The Hall–Kier alpha value is -0.520. The third kappa shape index (κ3) is 5.68. The molecule has 2 nitrogen and oxygen atoms in total. The number of terminal acetylenes is 1. The van der Waals surface area contributed by atoms with Crippen molar-refractivity contribution in [3.05, 3.63) is 0 Å². The van der Waals surface area contributed by atoms with Crippen molar-refractivity contribution in [3.8, 4) is 12.3 Å². The van der Waals surface area contributed by atoms with Crippen LogP contribution in [-0.2, 0) is 4.74 Å². The monoisotopic (exact) mass is 183 g/mol. The van der Waals surface area contributed by atoms with E-state index in [-0.39, 0.29) is 5.60 Å². The van der Waals surface area contributed by atoms with E-state index in [0.717, 1.165) is 19.4 Å². The molecule has 0 aromatic rings. The van der Waals surface area contributed by atoms with Crippen LogP contribution in [0.4, 0.5) is 0 Å². The van der Waals surface area contributed by atoms with Gasteiger partial charge in [-0.3, -0.25) is 0 Å². The molecule has 0 fully saturated rings. The molecule has 13 heavy (non-hydrogen) atoms. The molecule has 1 N–H and O–H groups in total. The Morgan fingerprint density at radius 2 is 2.15 bits per heavy atom. The molecule has 0 amide bonds. The van der Waals surface area contributed by atoms with Crippen LogP contribution in [0.15, 0.2) is 0 Å². The molecule has 0 aliphatic carbocycles. The summed E-state index contributed by atoms with van der Waals surface area (Å²) < 4.78 is 5.35. The molecule has 1 atom stereocenters. The lowest BCUT2D eigenvalue weighted by molar-refractivity contribution is 0.00764. The summed E-state index contributed by atoms with van der Waals surface area (Å²) in [6.45, 7) is 7.19. The smallest absolute Gasteiger partial charge is 0.0637 e. The normalized spacial score (nSPS) is 13.8. The standard InChI is InChI=1S/C11H21NO/c1-6-8-10(12-7-2)9-11(3,4)13-5/h1,10,12H,7-9H2,2-5H3. The van der Waals surface area contributed by atoms with Crippen molar-refractivity contribution in [2.24, 2.45) is 0 Å². The van der Waals surface area contributed by atoms with E-state index >= 15 is 0 Å². The van der Waals surface area contributed by atoms with Crippen molar-refractivity contribution in [2.75, 3.05) is 13.7 Å². The van der Waals surface area contributed by atoms with E-state index in [1.807, 2.05) is 0 Å². The van der Waals surface area contributed by atoms with Gasteiger partial charge in [0.2, 0.25) is 0 Å². The lowest BCUT2D eigenvalue weighted by Crippen LogP contribution is -2.37. The summed E-state index contributed by atoms with van der Waals surface area (Å²) in [4.78, 5) is 0. The first-order valence-electron chi connectivity index (χ1n) is 4.77. The first-order valence-corrected chi connectivity index (χ1v) is 4.77. The summed E-state index contributed by atoms with van der Waals surface area (Å²) in [6, 6.07) is 0.366. The van der Waals surface area contributed by atoms with Crippen LogP contribution in [0.2, 0.25) is 0 Å². The lowest BCUT2D eigenvalue weighted by atomic mass is 9.97. The first-order chi connectivity index (χ1) is 6.05. The number of nitrogens with one attached hydrogen (secondary N) is 1. The molecule has 2 heteroatoms. The number of methoxy groups -OCH3 is 1. The third-order valence-electron chi connectivity index (χ3n) is 2.15. The molecule has 0 bridgehead atoms. The van der Waals surface area contributed by atoms with Gasteiger partial charge in [-0.15, -0.1) is 12.3 Å². The molecule has 0 saturated heterocycles. The number of ether oxygens (including phenoxy) is 1.